The lowest BCUT2D eigenvalue weighted by atomic mass is 9.83. The van der Waals surface area contributed by atoms with Crippen LogP contribution >= 0.6 is 0 Å². The number of nitrogens with one attached hydrogen (secondary N) is 2. The summed E-state index contributed by atoms with van der Waals surface area (Å²) < 4.78 is 11.9. The molecule has 9 nitrogen and oxygen atoms in total. The Balaban J connectivity index is 1.90. The zero-order chi connectivity index (χ0) is 25.5. The Labute approximate surface area is 208 Å². The average Bonchev–Trinajstić information content (AvgIpc) is 2.80. The fourth-order valence-electron chi connectivity index (χ4n) is 4.46. The standard InChI is InChI=1S/C26H40N4O5/c1-6-12-27-26(33)28-20-10-11-22-21(13-20)25(32)29(4)15-23(34-5)17(2)14-30(18(3)16-35-22)24(31)19-8-7-9-19/h10-11,13,17-19,23H,6-9,12,14-16H2,1-5H3,(H2,27,28,33)/t17-,18-,23-/m1/s1. The van der Waals surface area contributed by atoms with Crippen LogP contribution in [-0.2, 0) is 9.53 Å². The van der Waals surface area contributed by atoms with Gasteiger partial charge in [0.15, 0.2) is 0 Å². The average molecular weight is 489 g/mol. The van der Waals surface area contributed by atoms with Crippen molar-refractivity contribution >= 4 is 23.5 Å². The van der Waals surface area contributed by atoms with Crippen LogP contribution in [0.5, 0.6) is 5.75 Å². The zero-order valence-electron chi connectivity index (χ0n) is 21.6. The third-order valence-electron chi connectivity index (χ3n) is 6.98. The maximum absolute atomic E-state index is 13.4. The van der Waals surface area contributed by atoms with Gasteiger partial charge in [0.1, 0.15) is 12.4 Å². The number of hydrogen-bond acceptors (Lipinski definition) is 5. The Kier molecular flexibility index (Phi) is 9.37. The number of rotatable bonds is 5. The van der Waals surface area contributed by atoms with E-state index < -0.39 is 0 Å². The first-order valence-electron chi connectivity index (χ1n) is 12.7. The summed E-state index contributed by atoms with van der Waals surface area (Å²) in [6, 6.07) is 4.56. The molecule has 1 aliphatic carbocycles. The molecule has 1 aromatic rings. The highest BCUT2D eigenvalue weighted by atomic mass is 16.5. The first kappa shape index (κ1) is 26.8. The maximum atomic E-state index is 13.4. The molecule has 3 atom stereocenters. The van der Waals surface area contributed by atoms with Crippen molar-refractivity contribution in [2.24, 2.45) is 11.8 Å². The second kappa shape index (κ2) is 12.2. The van der Waals surface area contributed by atoms with E-state index >= 15 is 0 Å². The molecular weight excluding hydrogens is 448 g/mol. The van der Waals surface area contributed by atoms with Crippen LogP contribution < -0.4 is 15.4 Å². The molecule has 2 aliphatic rings. The zero-order valence-corrected chi connectivity index (χ0v) is 21.6. The number of amides is 4. The molecule has 1 saturated carbocycles. The van der Waals surface area contributed by atoms with Gasteiger partial charge < -0.3 is 29.9 Å². The van der Waals surface area contributed by atoms with E-state index in [1.165, 1.54) is 0 Å². The minimum Gasteiger partial charge on any atom is -0.491 e. The lowest BCUT2D eigenvalue weighted by Crippen LogP contribution is -2.51. The molecule has 9 heteroatoms. The first-order chi connectivity index (χ1) is 16.7. The summed E-state index contributed by atoms with van der Waals surface area (Å²) in [5.74, 6) is 0.487. The lowest BCUT2D eigenvalue weighted by Gasteiger charge is -2.39. The lowest BCUT2D eigenvalue weighted by molar-refractivity contribution is -0.142. The van der Waals surface area contributed by atoms with Crippen LogP contribution in [0.3, 0.4) is 0 Å². The van der Waals surface area contributed by atoms with Crippen LogP contribution in [0.1, 0.15) is 56.8 Å². The summed E-state index contributed by atoms with van der Waals surface area (Å²) in [4.78, 5) is 42.3. The van der Waals surface area contributed by atoms with Crippen molar-refractivity contribution in [3.05, 3.63) is 23.8 Å². The predicted molar refractivity (Wildman–Crippen MR) is 135 cm³/mol. The van der Waals surface area contributed by atoms with E-state index in [9.17, 15) is 14.4 Å². The van der Waals surface area contributed by atoms with Gasteiger partial charge in [-0.2, -0.15) is 0 Å². The van der Waals surface area contributed by atoms with Gasteiger partial charge in [-0.15, -0.1) is 0 Å². The van der Waals surface area contributed by atoms with E-state index in [2.05, 4.69) is 17.6 Å². The van der Waals surface area contributed by atoms with Crippen molar-refractivity contribution in [3.63, 3.8) is 0 Å². The third kappa shape index (κ3) is 6.66. The number of benzene rings is 1. The quantitative estimate of drug-likeness (QED) is 0.662. The summed E-state index contributed by atoms with van der Waals surface area (Å²) >= 11 is 0. The van der Waals surface area contributed by atoms with E-state index in [0.29, 0.717) is 36.6 Å². The van der Waals surface area contributed by atoms with Crippen molar-refractivity contribution in [1.29, 1.82) is 0 Å². The summed E-state index contributed by atoms with van der Waals surface area (Å²) in [7, 11) is 3.37. The number of carbonyl (C=O) groups excluding carboxylic acids is 3. The molecule has 1 fully saturated rings. The number of ether oxygens (including phenoxy) is 2. The van der Waals surface area contributed by atoms with E-state index in [1.807, 2.05) is 18.7 Å². The Morgan fingerprint density at radius 3 is 2.57 bits per heavy atom. The summed E-state index contributed by atoms with van der Waals surface area (Å²) in [5, 5.41) is 5.54. The topological polar surface area (TPSA) is 100 Å². The second-order valence-electron chi connectivity index (χ2n) is 9.81. The van der Waals surface area contributed by atoms with Gasteiger partial charge in [-0.05, 0) is 44.4 Å². The fourth-order valence-corrected chi connectivity index (χ4v) is 4.46. The molecule has 194 valence electrons. The van der Waals surface area contributed by atoms with Crippen molar-refractivity contribution in [2.75, 3.05) is 45.7 Å². The summed E-state index contributed by atoms with van der Waals surface area (Å²) in [6.45, 7) is 7.75. The Hall–Kier alpha value is -2.81. The highest BCUT2D eigenvalue weighted by Gasteiger charge is 2.35. The number of hydrogen-bond donors (Lipinski definition) is 2. The van der Waals surface area contributed by atoms with E-state index in [1.54, 1.807) is 37.3 Å². The van der Waals surface area contributed by atoms with E-state index in [-0.39, 0.29) is 48.4 Å². The number of carbonyl (C=O) groups is 3. The van der Waals surface area contributed by atoms with Crippen LogP contribution in [0.25, 0.3) is 0 Å². The molecule has 1 aliphatic heterocycles. The highest BCUT2D eigenvalue weighted by Crippen LogP contribution is 2.31. The molecule has 0 spiro atoms. The predicted octanol–water partition coefficient (Wildman–Crippen LogP) is 3.35. The van der Waals surface area contributed by atoms with Crippen molar-refractivity contribution in [1.82, 2.24) is 15.1 Å². The molecule has 1 heterocycles. The van der Waals surface area contributed by atoms with Gasteiger partial charge in [-0.3, -0.25) is 9.59 Å². The number of methoxy groups -OCH3 is 1. The number of urea groups is 1. The van der Waals surface area contributed by atoms with Gasteiger partial charge in [-0.25, -0.2) is 4.79 Å². The van der Waals surface area contributed by atoms with Crippen LogP contribution in [-0.4, -0.2) is 80.2 Å². The van der Waals surface area contributed by atoms with Crippen molar-refractivity contribution in [3.8, 4) is 5.75 Å². The molecular formula is C26H40N4O5. The molecule has 0 unspecified atom stereocenters. The minimum atomic E-state index is -0.325. The Morgan fingerprint density at radius 2 is 1.94 bits per heavy atom. The Morgan fingerprint density at radius 1 is 1.20 bits per heavy atom. The smallest absolute Gasteiger partial charge is 0.319 e. The van der Waals surface area contributed by atoms with Crippen LogP contribution in [0.2, 0.25) is 0 Å². The molecule has 35 heavy (non-hydrogen) atoms. The largest absolute Gasteiger partial charge is 0.491 e. The molecule has 0 saturated heterocycles. The number of anilines is 1. The van der Waals surface area contributed by atoms with Crippen molar-refractivity contribution < 1.29 is 23.9 Å². The van der Waals surface area contributed by atoms with E-state index in [0.717, 1.165) is 25.7 Å². The van der Waals surface area contributed by atoms with Gasteiger partial charge in [0.25, 0.3) is 5.91 Å². The first-order valence-corrected chi connectivity index (χ1v) is 12.7. The molecule has 1 aromatic carbocycles. The molecule has 3 rings (SSSR count). The van der Waals surface area contributed by atoms with Crippen LogP contribution in [0, 0.1) is 11.8 Å². The molecule has 4 amide bonds. The van der Waals surface area contributed by atoms with Crippen molar-refractivity contribution in [2.45, 2.75) is 58.6 Å². The monoisotopic (exact) mass is 488 g/mol. The number of nitrogens with zero attached hydrogens (tertiary/aromatic N) is 2. The van der Waals surface area contributed by atoms with Gasteiger partial charge >= 0.3 is 6.03 Å². The van der Waals surface area contributed by atoms with Crippen LogP contribution in [0.15, 0.2) is 18.2 Å². The SMILES string of the molecule is CCCNC(=O)Nc1ccc2c(c1)C(=O)N(C)C[C@@H](OC)[C@H](C)CN(C(=O)C1CCC1)[C@H](C)CO2. The van der Waals surface area contributed by atoms with Gasteiger partial charge in [0.2, 0.25) is 5.91 Å². The minimum absolute atomic E-state index is 0.0240. The highest BCUT2D eigenvalue weighted by molar-refractivity contribution is 5.99. The normalized spacial score (nSPS) is 23.8. The number of fused-ring (bicyclic) bond motifs is 1. The second-order valence-corrected chi connectivity index (χ2v) is 9.81. The van der Waals surface area contributed by atoms with Gasteiger partial charge in [0, 0.05) is 51.3 Å². The molecule has 2 N–H and O–H groups in total. The number of likely N-dealkylation sites (N-methyl/N-ethyl adjacent to an activating group) is 1. The van der Waals surface area contributed by atoms with Crippen LogP contribution in [0.4, 0.5) is 10.5 Å². The molecule has 0 bridgehead atoms. The van der Waals surface area contributed by atoms with E-state index in [4.69, 9.17) is 9.47 Å². The summed E-state index contributed by atoms with van der Waals surface area (Å²) in [6.07, 6.45) is 3.56. The maximum Gasteiger partial charge on any atom is 0.319 e. The Bertz CT molecular complexity index is 904. The fraction of sp³-hybridized carbons (Fsp3) is 0.654. The van der Waals surface area contributed by atoms with Gasteiger partial charge in [-0.1, -0.05) is 20.3 Å². The summed E-state index contributed by atoms with van der Waals surface area (Å²) in [5.41, 5.74) is 0.856. The molecule has 0 radical (unpaired) electrons. The third-order valence-corrected chi connectivity index (χ3v) is 6.98. The molecule has 0 aromatic heterocycles. The van der Waals surface area contributed by atoms with Gasteiger partial charge in [0.05, 0.1) is 17.7 Å².